The number of rotatable bonds is 1. The average Bonchev–Trinajstić information content (AvgIpc) is 2.62. The van der Waals surface area contributed by atoms with Crippen LogP contribution in [0.3, 0.4) is 0 Å². The molecule has 0 radical (unpaired) electrons. The van der Waals surface area contributed by atoms with Crippen LogP contribution in [0.5, 0.6) is 0 Å². The molecule has 1 unspecified atom stereocenters. The number of hydrogen-bond donors (Lipinski definition) is 2. The first-order valence-corrected chi connectivity index (χ1v) is 5.62. The van der Waals surface area contributed by atoms with E-state index in [9.17, 15) is 9.59 Å². The fourth-order valence-corrected chi connectivity index (χ4v) is 2.64. The molecular weight excluding hydrogens is 234 g/mol. The summed E-state index contributed by atoms with van der Waals surface area (Å²) in [5.74, 6) is -0.0849. The van der Waals surface area contributed by atoms with Crippen molar-refractivity contribution in [2.75, 3.05) is 0 Å². The van der Waals surface area contributed by atoms with Crippen LogP contribution >= 0.6 is 0 Å². The monoisotopic (exact) mass is 245 g/mol. The molecule has 0 amide bonds. The lowest BCUT2D eigenvalue weighted by molar-refractivity contribution is 0.0452. The van der Waals surface area contributed by atoms with E-state index in [0.29, 0.717) is 5.56 Å². The van der Waals surface area contributed by atoms with Crippen molar-refractivity contribution >= 4 is 22.8 Å². The predicted molar refractivity (Wildman–Crippen MR) is 63.8 cm³/mol. The molecule has 5 heteroatoms. The van der Waals surface area contributed by atoms with Gasteiger partial charge in [0.1, 0.15) is 6.10 Å². The van der Waals surface area contributed by atoms with E-state index >= 15 is 0 Å². The number of aromatic nitrogens is 1. The molecule has 0 aliphatic heterocycles. The molecule has 1 atom stereocenters. The van der Waals surface area contributed by atoms with Gasteiger partial charge in [-0.2, -0.15) is 0 Å². The standard InChI is InChI=1S/C13H11NO4/c1-6-11-10(18-13(16)17)5-9(15)7-3-2-4-8(14-6)12(7)11/h2-4,10,14H,5H2,1H3,(H,16,17). The van der Waals surface area contributed by atoms with E-state index in [4.69, 9.17) is 9.84 Å². The Labute approximate surface area is 102 Å². The van der Waals surface area contributed by atoms with E-state index in [0.717, 1.165) is 22.2 Å². The summed E-state index contributed by atoms with van der Waals surface area (Å²) in [6, 6.07) is 5.44. The SMILES string of the molecule is Cc1[nH]c2cccc3c2c1C(OC(=O)O)CC3=O. The van der Waals surface area contributed by atoms with Gasteiger partial charge in [-0.15, -0.1) is 0 Å². The normalized spacial score (nSPS) is 18.1. The highest BCUT2D eigenvalue weighted by molar-refractivity contribution is 6.11. The number of carboxylic acid groups (broad SMARTS) is 1. The summed E-state index contributed by atoms with van der Waals surface area (Å²) in [4.78, 5) is 25.8. The summed E-state index contributed by atoms with van der Waals surface area (Å²) < 4.78 is 4.82. The molecule has 0 bridgehead atoms. The molecule has 1 aromatic carbocycles. The minimum Gasteiger partial charge on any atom is -0.450 e. The summed E-state index contributed by atoms with van der Waals surface area (Å²) in [5, 5.41) is 9.53. The Morgan fingerprint density at radius 3 is 3.00 bits per heavy atom. The van der Waals surface area contributed by atoms with Crippen LogP contribution in [0, 0.1) is 6.92 Å². The second-order valence-electron chi connectivity index (χ2n) is 4.39. The molecule has 5 nitrogen and oxygen atoms in total. The van der Waals surface area contributed by atoms with Crippen LogP contribution in [0.2, 0.25) is 0 Å². The van der Waals surface area contributed by atoms with E-state index < -0.39 is 12.3 Å². The van der Waals surface area contributed by atoms with Crippen LogP contribution < -0.4 is 0 Å². The maximum absolute atomic E-state index is 12.0. The van der Waals surface area contributed by atoms with Crippen molar-refractivity contribution in [3.63, 3.8) is 0 Å². The van der Waals surface area contributed by atoms with Gasteiger partial charge in [0.15, 0.2) is 5.78 Å². The van der Waals surface area contributed by atoms with Crippen LogP contribution in [-0.4, -0.2) is 22.0 Å². The van der Waals surface area contributed by atoms with E-state index in [1.807, 2.05) is 19.1 Å². The lowest BCUT2D eigenvalue weighted by Crippen LogP contribution is -2.18. The number of aromatic amines is 1. The van der Waals surface area contributed by atoms with Gasteiger partial charge in [-0.05, 0) is 13.0 Å². The third kappa shape index (κ3) is 1.40. The van der Waals surface area contributed by atoms with Crippen molar-refractivity contribution in [3.8, 4) is 0 Å². The highest BCUT2D eigenvalue weighted by Crippen LogP contribution is 2.39. The molecule has 0 spiro atoms. The Morgan fingerprint density at radius 1 is 1.50 bits per heavy atom. The smallest absolute Gasteiger partial charge is 0.450 e. The van der Waals surface area contributed by atoms with Crippen LogP contribution in [0.4, 0.5) is 4.79 Å². The third-order valence-corrected chi connectivity index (χ3v) is 3.30. The largest absolute Gasteiger partial charge is 0.506 e. The second-order valence-corrected chi connectivity index (χ2v) is 4.39. The number of benzene rings is 1. The van der Waals surface area contributed by atoms with Crippen molar-refractivity contribution < 1.29 is 19.4 Å². The molecule has 2 N–H and O–H groups in total. The minimum atomic E-state index is -1.36. The van der Waals surface area contributed by atoms with Gasteiger partial charge in [0.05, 0.1) is 6.42 Å². The summed E-state index contributed by atoms with van der Waals surface area (Å²) in [5.41, 5.74) is 3.10. The van der Waals surface area contributed by atoms with Crippen LogP contribution in [0.1, 0.15) is 34.1 Å². The zero-order valence-electron chi connectivity index (χ0n) is 9.69. The maximum atomic E-state index is 12.0. The summed E-state index contributed by atoms with van der Waals surface area (Å²) in [6.45, 7) is 1.85. The Morgan fingerprint density at radius 2 is 2.28 bits per heavy atom. The number of Topliss-reactive ketones (excluding diaryl/α,β-unsaturated/α-hetero) is 1. The molecule has 0 fully saturated rings. The van der Waals surface area contributed by atoms with Crippen molar-refractivity contribution in [2.45, 2.75) is 19.4 Å². The molecule has 0 saturated heterocycles. The molecular formula is C13H11NO4. The Hall–Kier alpha value is -2.30. The van der Waals surface area contributed by atoms with Crippen molar-refractivity contribution in [3.05, 3.63) is 35.0 Å². The highest BCUT2D eigenvalue weighted by atomic mass is 16.7. The fourth-order valence-electron chi connectivity index (χ4n) is 2.64. The average molecular weight is 245 g/mol. The van der Waals surface area contributed by atoms with Gasteiger partial charge in [0, 0.05) is 27.7 Å². The van der Waals surface area contributed by atoms with Crippen LogP contribution in [0.15, 0.2) is 18.2 Å². The molecule has 92 valence electrons. The lowest BCUT2D eigenvalue weighted by atomic mass is 9.88. The highest BCUT2D eigenvalue weighted by Gasteiger charge is 2.32. The molecule has 3 rings (SSSR count). The molecule has 0 saturated carbocycles. The van der Waals surface area contributed by atoms with Crippen LogP contribution in [-0.2, 0) is 4.74 Å². The quantitative estimate of drug-likeness (QED) is 0.757. The third-order valence-electron chi connectivity index (χ3n) is 3.30. The lowest BCUT2D eigenvalue weighted by Gasteiger charge is -2.21. The molecule has 1 aliphatic carbocycles. The summed E-state index contributed by atoms with van der Waals surface area (Å²) in [7, 11) is 0. The number of H-pyrrole nitrogens is 1. The first-order valence-electron chi connectivity index (χ1n) is 5.62. The van der Waals surface area contributed by atoms with E-state index in [1.165, 1.54) is 0 Å². The van der Waals surface area contributed by atoms with Gasteiger partial charge in [-0.25, -0.2) is 4.79 Å². The zero-order chi connectivity index (χ0) is 12.9. The van der Waals surface area contributed by atoms with Gasteiger partial charge in [-0.3, -0.25) is 4.79 Å². The summed E-state index contributed by atoms with van der Waals surface area (Å²) in [6.07, 6.45) is -2.00. The van der Waals surface area contributed by atoms with Gasteiger partial charge in [0.2, 0.25) is 0 Å². The van der Waals surface area contributed by atoms with Gasteiger partial charge >= 0.3 is 6.16 Å². The van der Waals surface area contributed by atoms with Gasteiger partial charge < -0.3 is 14.8 Å². The van der Waals surface area contributed by atoms with Gasteiger partial charge in [-0.1, -0.05) is 12.1 Å². The Bertz CT molecular complexity index is 671. The first-order chi connectivity index (χ1) is 8.58. The number of ether oxygens (including phenoxy) is 1. The van der Waals surface area contributed by atoms with Gasteiger partial charge in [0.25, 0.3) is 0 Å². The summed E-state index contributed by atoms with van der Waals surface area (Å²) >= 11 is 0. The predicted octanol–water partition coefficient (Wildman–Crippen LogP) is 2.80. The Balaban J connectivity index is 2.28. The van der Waals surface area contributed by atoms with Crippen molar-refractivity contribution in [2.24, 2.45) is 0 Å². The number of hydrogen-bond acceptors (Lipinski definition) is 3. The number of nitrogens with one attached hydrogen (secondary N) is 1. The van der Waals surface area contributed by atoms with E-state index in [-0.39, 0.29) is 12.2 Å². The molecule has 1 aromatic heterocycles. The fraction of sp³-hybridized carbons (Fsp3) is 0.231. The topological polar surface area (TPSA) is 79.4 Å². The number of carbonyl (C=O) groups is 2. The molecule has 1 aliphatic rings. The number of aryl methyl sites for hydroxylation is 1. The molecule has 1 heterocycles. The zero-order valence-corrected chi connectivity index (χ0v) is 9.69. The van der Waals surface area contributed by atoms with Crippen LogP contribution in [0.25, 0.3) is 10.9 Å². The molecule has 2 aromatic rings. The first kappa shape index (κ1) is 10.8. The number of ketones is 1. The Kier molecular flexibility index (Phi) is 2.16. The van der Waals surface area contributed by atoms with Crippen molar-refractivity contribution in [1.82, 2.24) is 4.98 Å². The van der Waals surface area contributed by atoms with E-state index in [2.05, 4.69) is 4.98 Å². The maximum Gasteiger partial charge on any atom is 0.506 e. The van der Waals surface area contributed by atoms with Crippen molar-refractivity contribution in [1.29, 1.82) is 0 Å². The second kappa shape index (κ2) is 3.60. The van der Waals surface area contributed by atoms with E-state index in [1.54, 1.807) is 6.07 Å². The number of carbonyl (C=O) groups excluding carboxylic acids is 1. The molecule has 18 heavy (non-hydrogen) atoms. The minimum absolute atomic E-state index is 0.0666.